The van der Waals surface area contributed by atoms with Crippen molar-refractivity contribution >= 4 is 11.7 Å². The van der Waals surface area contributed by atoms with E-state index in [-0.39, 0.29) is 0 Å². The lowest BCUT2D eigenvalue weighted by molar-refractivity contribution is -0.137. The van der Waals surface area contributed by atoms with Crippen molar-refractivity contribution in [2.24, 2.45) is 0 Å². The second-order valence-corrected chi connectivity index (χ2v) is 6.03. The van der Waals surface area contributed by atoms with E-state index in [0.29, 0.717) is 11.3 Å². The van der Waals surface area contributed by atoms with E-state index >= 15 is 0 Å². The predicted molar refractivity (Wildman–Crippen MR) is 87.8 cm³/mol. The highest BCUT2D eigenvalue weighted by atomic mass is 19.4. The zero-order valence-electron chi connectivity index (χ0n) is 13.7. The fraction of sp³-hybridized carbons (Fsp3) is 0.278. The van der Waals surface area contributed by atoms with Crippen LogP contribution in [0.3, 0.4) is 0 Å². The van der Waals surface area contributed by atoms with Crippen LogP contribution in [0.4, 0.5) is 23.7 Å². The number of anilines is 1. The molecule has 0 heterocycles. The molecule has 0 bridgehead atoms. The minimum Gasteiger partial charge on any atom is -0.329 e. The van der Waals surface area contributed by atoms with E-state index in [4.69, 9.17) is 0 Å². The van der Waals surface area contributed by atoms with Crippen molar-refractivity contribution in [3.8, 4) is 0 Å². The summed E-state index contributed by atoms with van der Waals surface area (Å²) < 4.78 is 38.6. The van der Waals surface area contributed by atoms with E-state index in [1.54, 1.807) is 51.2 Å². The molecule has 2 aromatic carbocycles. The van der Waals surface area contributed by atoms with Crippen LogP contribution < -0.4 is 10.2 Å². The highest BCUT2D eigenvalue weighted by Crippen LogP contribution is 2.32. The van der Waals surface area contributed by atoms with Crippen LogP contribution in [0, 0.1) is 0 Å². The molecule has 128 valence electrons. The van der Waals surface area contributed by atoms with Gasteiger partial charge in [-0.05, 0) is 43.7 Å². The molecule has 0 aromatic heterocycles. The van der Waals surface area contributed by atoms with Gasteiger partial charge in [0.15, 0.2) is 0 Å². The first-order valence-electron chi connectivity index (χ1n) is 7.40. The van der Waals surface area contributed by atoms with Crippen molar-refractivity contribution in [2.45, 2.75) is 25.6 Å². The minimum absolute atomic E-state index is 0.382. The topological polar surface area (TPSA) is 32.3 Å². The summed E-state index contributed by atoms with van der Waals surface area (Å²) >= 11 is 0. The second kappa shape index (κ2) is 6.55. The molecule has 0 aliphatic heterocycles. The Bertz CT molecular complexity index is 712. The number of nitrogens with zero attached hydrogens (tertiary/aromatic N) is 1. The van der Waals surface area contributed by atoms with Gasteiger partial charge in [-0.2, -0.15) is 13.2 Å². The molecule has 1 N–H and O–H groups in total. The highest BCUT2D eigenvalue weighted by molar-refractivity contribution is 5.91. The van der Waals surface area contributed by atoms with E-state index in [9.17, 15) is 18.0 Å². The third-order valence-electron chi connectivity index (χ3n) is 3.78. The number of nitrogens with one attached hydrogen (secondary N) is 1. The number of hydrogen-bond donors (Lipinski definition) is 1. The lowest BCUT2D eigenvalue weighted by Gasteiger charge is -2.30. The molecule has 0 saturated carbocycles. The standard InChI is InChI=1S/C18H19F3N2O/c1-17(2,13-8-7-9-14(12-13)18(19,20)21)22-16(24)23(3)15-10-5-4-6-11-15/h4-12H,1-3H3,(H,22,24). The number of benzene rings is 2. The van der Waals surface area contributed by atoms with E-state index in [0.717, 1.165) is 12.1 Å². The minimum atomic E-state index is -4.42. The average molecular weight is 336 g/mol. The van der Waals surface area contributed by atoms with Crippen LogP contribution in [0.2, 0.25) is 0 Å². The maximum absolute atomic E-state index is 12.9. The largest absolute Gasteiger partial charge is 0.416 e. The Kier molecular flexibility index (Phi) is 4.87. The maximum Gasteiger partial charge on any atom is 0.416 e. The van der Waals surface area contributed by atoms with Crippen LogP contribution >= 0.6 is 0 Å². The molecule has 24 heavy (non-hydrogen) atoms. The summed E-state index contributed by atoms with van der Waals surface area (Å²) in [6.45, 7) is 3.33. The Morgan fingerprint density at radius 1 is 0.958 bits per heavy atom. The quantitative estimate of drug-likeness (QED) is 0.859. The molecule has 0 saturated heterocycles. The summed E-state index contributed by atoms with van der Waals surface area (Å²) in [6.07, 6.45) is -4.42. The third-order valence-corrected chi connectivity index (χ3v) is 3.78. The predicted octanol–water partition coefficient (Wildman–Crippen LogP) is 4.79. The highest BCUT2D eigenvalue weighted by Gasteiger charge is 2.32. The van der Waals surface area contributed by atoms with Gasteiger partial charge in [-0.15, -0.1) is 0 Å². The summed E-state index contributed by atoms with van der Waals surface area (Å²) in [5.74, 6) is 0. The summed E-state index contributed by atoms with van der Waals surface area (Å²) in [4.78, 5) is 13.8. The van der Waals surface area contributed by atoms with Gasteiger partial charge in [0.2, 0.25) is 0 Å². The van der Waals surface area contributed by atoms with Gasteiger partial charge in [0.25, 0.3) is 0 Å². The first-order valence-corrected chi connectivity index (χ1v) is 7.40. The molecular weight excluding hydrogens is 317 g/mol. The lowest BCUT2D eigenvalue weighted by Crippen LogP contribution is -2.47. The zero-order valence-corrected chi connectivity index (χ0v) is 13.7. The Morgan fingerprint density at radius 3 is 2.12 bits per heavy atom. The molecule has 3 nitrogen and oxygen atoms in total. The molecule has 2 amide bonds. The molecule has 0 aliphatic rings. The number of halogens is 3. The van der Waals surface area contributed by atoms with Gasteiger partial charge in [0.05, 0.1) is 11.1 Å². The van der Waals surface area contributed by atoms with Crippen LogP contribution in [0.1, 0.15) is 25.0 Å². The number of urea groups is 1. The summed E-state index contributed by atoms with van der Waals surface area (Å²) in [6, 6.07) is 13.6. The van der Waals surface area contributed by atoms with E-state index in [1.165, 1.54) is 11.0 Å². The van der Waals surface area contributed by atoms with Crippen LogP contribution in [-0.2, 0) is 11.7 Å². The molecule has 0 unspecified atom stereocenters. The van der Waals surface area contributed by atoms with Crippen molar-refractivity contribution in [1.29, 1.82) is 0 Å². The summed E-state index contributed by atoms with van der Waals surface area (Å²) in [5.41, 5.74) is -0.623. The molecule has 6 heteroatoms. The van der Waals surface area contributed by atoms with Crippen molar-refractivity contribution < 1.29 is 18.0 Å². The number of carbonyl (C=O) groups is 1. The molecule has 2 rings (SSSR count). The number of para-hydroxylation sites is 1. The fourth-order valence-electron chi connectivity index (χ4n) is 2.28. The summed E-state index contributed by atoms with van der Waals surface area (Å²) in [5, 5.41) is 2.77. The van der Waals surface area contributed by atoms with E-state index in [1.807, 2.05) is 6.07 Å². The molecule has 0 atom stereocenters. The Morgan fingerprint density at radius 2 is 1.54 bits per heavy atom. The first-order chi connectivity index (χ1) is 11.1. The molecule has 0 aliphatic carbocycles. The number of rotatable bonds is 3. The van der Waals surface area contributed by atoms with E-state index in [2.05, 4.69) is 5.32 Å². The van der Waals surface area contributed by atoms with Gasteiger partial charge < -0.3 is 5.32 Å². The van der Waals surface area contributed by atoms with Crippen molar-refractivity contribution in [3.63, 3.8) is 0 Å². The summed E-state index contributed by atoms with van der Waals surface area (Å²) in [7, 11) is 1.60. The van der Waals surface area contributed by atoms with Crippen molar-refractivity contribution in [3.05, 3.63) is 65.7 Å². The molecule has 2 aromatic rings. The number of alkyl halides is 3. The molecule has 0 radical (unpaired) electrons. The van der Waals surface area contributed by atoms with E-state index < -0.39 is 23.3 Å². The smallest absolute Gasteiger partial charge is 0.329 e. The molecule has 0 fully saturated rings. The third kappa shape index (κ3) is 4.07. The second-order valence-electron chi connectivity index (χ2n) is 6.03. The van der Waals surface area contributed by atoms with Crippen LogP contribution in [0.5, 0.6) is 0 Å². The van der Waals surface area contributed by atoms with Gasteiger partial charge in [-0.1, -0.05) is 30.3 Å². The number of carbonyl (C=O) groups excluding carboxylic acids is 1. The van der Waals surface area contributed by atoms with Crippen LogP contribution in [-0.4, -0.2) is 13.1 Å². The Hall–Kier alpha value is -2.50. The normalized spacial score (nSPS) is 11.9. The average Bonchev–Trinajstić information content (AvgIpc) is 2.54. The molecular formula is C18H19F3N2O. The van der Waals surface area contributed by atoms with Gasteiger partial charge >= 0.3 is 12.2 Å². The Balaban J connectivity index is 2.20. The van der Waals surface area contributed by atoms with Crippen LogP contribution in [0.15, 0.2) is 54.6 Å². The maximum atomic E-state index is 12.9. The fourth-order valence-corrected chi connectivity index (χ4v) is 2.28. The number of amides is 2. The van der Waals surface area contributed by atoms with Gasteiger partial charge in [0.1, 0.15) is 0 Å². The van der Waals surface area contributed by atoms with Gasteiger partial charge in [-0.25, -0.2) is 4.79 Å². The SMILES string of the molecule is CN(C(=O)NC(C)(C)c1cccc(C(F)(F)F)c1)c1ccccc1. The molecule has 0 spiro atoms. The van der Waals surface area contributed by atoms with Crippen LogP contribution in [0.25, 0.3) is 0 Å². The lowest BCUT2D eigenvalue weighted by atomic mass is 9.93. The first kappa shape index (κ1) is 17.8. The number of hydrogen-bond acceptors (Lipinski definition) is 1. The van der Waals surface area contributed by atoms with Crippen molar-refractivity contribution in [1.82, 2.24) is 5.32 Å². The van der Waals surface area contributed by atoms with Crippen molar-refractivity contribution in [2.75, 3.05) is 11.9 Å². The van der Waals surface area contributed by atoms with Gasteiger partial charge in [0, 0.05) is 12.7 Å². The monoisotopic (exact) mass is 336 g/mol. The Labute approximate surface area is 139 Å². The van der Waals surface area contributed by atoms with Gasteiger partial charge in [-0.3, -0.25) is 4.90 Å². The zero-order chi connectivity index (χ0) is 18.0.